The van der Waals surface area contributed by atoms with Gasteiger partial charge in [0.2, 0.25) is 5.88 Å². The molecular formula is C23H25FN6O3S. The van der Waals surface area contributed by atoms with Gasteiger partial charge in [0.15, 0.2) is 15.7 Å². The Balaban J connectivity index is 1.60. The summed E-state index contributed by atoms with van der Waals surface area (Å²) in [5.41, 5.74) is 6.59. The number of amidine groups is 1. The van der Waals surface area contributed by atoms with Crippen LogP contribution in [0.15, 0.2) is 41.7 Å². The molecule has 34 heavy (non-hydrogen) atoms. The van der Waals surface area contributed by atoms with Crippen LogP contribution in [0.25, 0.3) is 11.0 Å². The average molecular weight is 485 g/mol. The second kappa shape index (κ2) is 7.59. The van der Waals surface area contributed by atoms with E-state index in [4.69, 9.17) is 10.5 Å². The molecule has 0 aliphatic carbocycles. The number of sulfone groups is 1. The number of pyridine rings is 1. The molecule has 2 aliphatic rings. The number of benzene rings is 1. The molecule has 0 spiro atoms. The fraction of sp³-hybridized carbons (Fsp3) is 0.391. The van der Waals surface area contributed by atoms with E-state index in [0.29, 0.717) is 47.7 Å². The normalized spacial score (nSPS) is 27.8. The van der Waals surface area contributed by atoms with Crippen molar-refractivity contribution in [1.82, 2.24) is 15.0 Å². The molecule has 0 amide bonds. The molecule has 2 aliphatic heterocycles. The number of aromatic nitrogens is 3. The summed E-state index contributed by atoms with van der Waals surface area (Å²) in [4.78, 5) is 17.7. The number of anilines is 2. The highest BCUT2D eigenvalue weighted by Gasteiger charge is 2.60. The molecule has 2 aromatic heterocycles. The van der Waals surface area contributed by atoms with Crippen molar-refractivity contribution >= 4 is 38.2 Å². The van der Waals surface area contributed by atoms with Gasteiger partial charge in [-0.1, -0.05) is 6.42 Å². The van der Waals surface area contributed by atoms with Crippen LogP contribution >= 0.6 is 0 Å². The summed E-state index contributed by atoms with van der Waals surface area (Å²) < 4.78 is 46.0. The first-order valence-corrected chi connectivity index (χ1v) is 12.5. The number of rotatable bonds is 4. The smallest absolute Gasteiger partial charge is 0.232 e. The minimum atomic E-state index is -3.68. The summed E-state index contributed by atoms with van der Waals surface area (Å²) in [6.07, 6.45) is 4.54. The first-order valence-electron chi connectivity index (χ1n) is 10.9. The van der Waals surface area contributed by atoms with Gasteiger partial charge in [-0.3, -0.25) is 4.99 Å². The molecule has 178 valence electrons. The van der Waals surface area contributed by atoms with E-state index in [2.05, 4.69) is 25.3 Å². The predicted molar refractivity (Wildman–Crippen MR) is 128 cm³/mol. The van der Waals surface area contributed by atoms with Crippen molar-refractivity contribution in [3.8, 4) is 5.88 Å². The van der Waals surface area contributed by atoms with E-state index in [9.17, 15) is 8.42 Å². The van der Waals surface area contributed by atoms with Gasteiger partial charge < -0.3 is 15.8 Å². The molecule has 3 N–H and O–H groups in total. The molecule has 9 nitrogen and oxygen atoms in total. The second-order valence-corrected chi connectivity index (χ2v) is 11.6. The Kier molecular flexibility index (Phi) is 5.01. The van der Waals surface area contributed by atoms with Gasteiger partial charge in [-0.25, -0.2) is 27.8 Å². The summed E-state index contributed by atoms with van der Waals surface area (Å²) in [6.45, 7) is 3.26. The number of nitrogens with zero attached hydrogens (tertiary/aromatic N) is 4. The zero-order chi connectivity index (χ0) is 24.3. The maximum absolute atomic E-state index is 15.2. The van der Waals surface area contributed by atoms with Crippen molar-refractivity contribution in [2.45, 2.75) is 48.6 Å². The third kappa shape index (κ3) is 3.13. The summed E-state index contributed by atoms with van der Waals surface area (Å²) in [5, 5.41) is 2.28. The molecule has 0 radical (unpaired) electrons. The predicted octanol–water partition coefficient (Wildman–Crippen LogP) is 3.23. The lowest BCUT2D eigenvalue weighted by Crippen LogP contribution is -2.63. The fourth-order valence-electron chi connectivity index (χ4n) is 5.01. The van der Waals surface area contributed by atoms with Crippen molar-refractivity contribution in [3.05, 3.63) is 48.0 Å². The highest BCUT2D eigenvalue weighted by Crippen LogP contribution is 2.49. The summed E-state index contributed by atoms with van der Waals surface area (Å²) in [7, 11) is -2.17. The molecule has 4 heterocycles. The lowest BCUT2D eigenvalue weighted by molar-refractivity contribution is 0.355. The molecule has 3 aromatic rings. The minimum absolute atomic E-state index is 0.0312. The van der Waals surface area contributed by atoms with Gasteiger partial charge in [0, 0.05) is 17.4 Å². The van der Waals surface area contributed by atoms with Gasteiger partial charge in [0.05, 0.1) is 24.1 Å². The lowest BCUT2D eigenvalue weighted by Gasteiger charge is -2.48. The standard InChI is InChI=1S/C23H25FN6O3S/c1-22-9-4-5-17(34(22,31)32)23(2,30-21(22)25)14-11-13(6-7-15(14)24)28-20-19-16(8-10-26-20)29-18(33-3)12-27-19/h6-8,10-12,17H,4-5,9H2,1-3H3,(H2,25,30)(H,26,28)/t17-,22+,23+/m0/s1. The topological polar surface area (TPSA) is 132 Å². The molecule has 3 atom stereocenters. The molecule has 0 unspecified atom stereocenters. The van der Waals surface area contributed by atoms with Crippen molar-refractivity contribution in [2.75, 3.05) is 12.4 Å². The number of ether oxygens (including phenoxy) is 1. The van der Waals surface area contributed by atoms with Crippen molar-refractivity contribution in [1.29, 1.82) is 0 Å². The Morgan fingerprint density at radius 2 is 2.03 bits per heavy atom. The molecule has 1 fully saturated rings. The van der Waals surface area contributed by atoms with Gasteiger partial charge in [-0.2, -0.15) is 0 Å². The van der Waals surface area contributed by atoms with Crippen molar-refractivity contribution in [2.24, 2.45) is 10.7 Å². The molecule has 0 saturated carbocycles. The van der Waals surface area contributed by atoms with E-state index in [1.54, 1.807) is 38.2 Å². The Bertz CT molecular complexity index is 1450. The maximum atomic E-state index is 15.2. The van der Waals surface area contributed by atoms with Gasteiger partial charge >= 0.3 is 0 Å². The Hall–Kier alpha value is -3.34. The zero-order valence-corrected chi connectivity index (χ0v) is 19.9. The van der Waals surface area contributed by atoms with Crippen LogP contribution in [-0.2, 0) is 15.4 Å². The van der Waals surface area contributed by atoms with Crippen molar-refractivity contribution < 1.29 is 17.5 Å². The van der Waals surface area contributed by atoms with Crippen LogP contribution in [0.1, 0.15) is 38.7 Å². The Morgan fingerprint density at radius 3 is 2.79 bits per heavy atom. The number of nitrogens with two attached hydrogens (primary N) is 1. The van der Waals surface area contributed by atoms with E-state index in [0.717, 1.165) is 0 Å². The number of nitrogens with one attached hydrogen (secondary N) is 1. The molecule has 11 heteroatoms. The monoisotopic (exact) mass is 484 g/mol. The van der Waals surface area contributed by atoms with Crippen LogP contribution < -0.4 is 15.8 Å². The van der Waals surface area contributed by atoms with Crippen molar-refractivity contribution in [3.63, 3.8) is 0 Å². The van der Waals surface area contributed by atoms with Crippen LogP contribution in [0.2, 0.25) is 0 Å². The number of hydrogen-bond acceptors (Lipinski definition) is 9. The van der Waals surface area contributed by atoms with Gasteiger partial charge in [-0.05, 0) is 51.0 Å². The largest absolute Gasteiger partial charge is 0.480 e. The first kappa shape index (κ1) is 22.5. The van der Waals surface area contributed by atoms with Crippen LogP contribution in [0.4, 0.5) is 15.9 Å². The van der Waals surface area contributed by atoms with Crippen LogP contribution in [0, 0.1) is 5.82 Å². The van der Waals surface area contributed by atoms with Crippen LogP contribution in [0.5, 0.6) is 5.88 Å². The summed E-state index contributed by atoms with van der Waals surface area (Å²) >= 11 is 0. The average Bonchev–Trinajstić information content (AvgIpc) is 2.80. The number of fused-ring (bicyclic) bond motifs is 3. The van der Waals surface area contributed by atoms with E-state index in [-0.39, 0.29) is 11.4 Å². The lowest BCUT2D eigenvalue weighted by atomic mass is 9.82. The number of methoxy groups -OCH3 is 1. The first-order chi connectivity index (χ1) is 16.1. The Morgan fingerprint density at radius 1 is 1.24 bits per heavy atom. The van der Waals surface area contributed by atoms with E-state index >= 15 is 4.39 Å². The number of halogens is 1. The number of aliphatic imine (C=N–C) groups is 1. The fourth-order valence-corrected chi connectivity index (χ4v) is 7.67. The Labute approximate surface area is 196 Å². The molecular weight excluding hydrogens is 459 g/mol. The van der Waals surface area contributed by atoms with E-state index < -0.39 is 31.2 Å². The SMILES string of the molecule is COc1cnc2c(Nc3ccc(F)c([C@@]4(C)N=C(N)[C@@]5(C)CCC[C@@H]4S5(=O)=O)c3)nccc2n1. The molecule has 1 saturated heterocycles. The zero-order valence-electron chi connectivity index (χ0n) is 19.0. The maximum Gasteiger partial charge on any atom is 0.232 e. The summed E-state index contributed by atoms with van der Waals surface area (Å²) in [6, 6.07) is 6.11. The second-order valence-electron chi connectivity index (χ2n) is 9.06. The third-order valence-electron chi connectivity index (χ3n) is 7.07. The van der Waals surface area contributed by atoms with Crippen LogP contribution in [0.3, 0.4) is 0 Å². The van der Waals surface area contributed by atoms with Gasteiger partial charge in [0.1, 0.15) is 27.5 Å². The highest BCUT2D eigenvalue weighted by molar-refractivity contribution is 7.94. The molecule has 2 bridgehead atoms. The molecule has 1 aromatic carbocycles. The van der Waals surface area contributed by atoms with Gasteiger partial charge in [0.25, 0.3) is 0 Å². The highest BCUT2D eigenvalue weighted by atomic mass is 32.2. The third-order valence-corrected chi connectivity index (χ3v) is 10.2. The van der Waals surface area contributed by atoms with E-state index in [1.165, 1.54) is 19.4 Å². The quantitative estimate of drug-likeness (QED) is 0.577. The minimum Gasteiger partial charge on any atom is -0.480 e. The summed E-state index contributed by atoms with van der Waals surface area (Å²) in [5.74, 6) is 0.267. The number of hydrogen-bond donors (Lipinski definition) is 2. The molecule has 5 rings (SSSR count). The van der Waals surface area contributed by atoms with Crippen LogP contribution in [-0.4, -0.2) is 46.3 Å². The van der Waals surface area contributed by atoms with E-state index in [1.807, 2.05) is 0 Å². The van der Waals surface area contributed by atoms with Gasteiger partial charge in [-0.15, -0.1) is 0 Å².